The highest BCUT2D eigenvalue weighted by molar-refractivity contribution is 5.01. The highest BCUT2D eigenvalue weighted by atomic mass is 16.8. The zero-order chi connectivity index (χ0) is 56.1. The summed E-state index contributed by atoms with van der Waals surface area (Å²) in [4.78, 5) is 0. The Morgan fingerprint density at radius 1 is 0.156 bits per heavy atom. The molecule has 448 valence electrons. The molecule has 21 aliphatic rings. The van der Waals surface area contributed by atoms with Gasteiger partial charge in [-0.05, 0) is 0 Å². The van der Waals surface area contributed by atoms with Gasteiger partial charge in [-0.3, -0.25) is 0 Å². The van der Waals surface area contributed by atoms with E-state index < -0.39 is 261 Å². The van der Waals surface area contributed by atoms with Gasteiger partial charge in [0.15, 0.2) is 44.0 Å². The van der Waals surface area contributed by atoms with E-state index in [4.69, 9.17) is 66.3 Å². The third-order valence-corrected chi connectivity index (χ3v) is 14.8. The van der Waals surface area contributed by atoms with Crippen LogP contribution >= 0.6 is 0 Å². The van der Waals surface area contributed by atoms with Gasteiger partial charge in [-0.15, -0.1) is 0 Å². The van der Waals surface area contributed by atoms with E-state index in [1.165, 1.54) is 0 Å². The molecule has 0 amide bonds. The van der Waals surface area contributed by atoms with Crippen molar-refractivity contribution >= 4 is 0 Å². The van der Waals surface area contributed by atoms with Crippen molar-refractivity contribution in [2.75, 3.05) is 46.2 Å². The third-order valence-electron chi connectivity index (χ3n) is 14.8. The van der Waals surface area contributed by atoms with Gasteiger partial charge in [-0.25, -0.2) is 0 Å². The first-order valence-corrected chi connectivity index (χ1v) is 24.6. The molecule has 35 nitrogen and oxygen atoms in total. The standard InChI is InChI=1S/C42H70O35/c43-1-8-29-15(50)22(57)36(64-8)72-30-9(2-44)66-38(24(59)17(30)52)74-32-11(4-46)68-40(26(61)19(32)54)76-34-13(6-48)70-42(28(63)21(34)56)77-35-14(7-49)69-41(27(62)20(35)55)75-33-12(5-47)67-39(25(60)18(33)53)73-31-10(3-45)65-37(71-29)23(58)16(31)51/h8-63H,1-7H2/t8-,9-,10-,11-,12-,13-,14-,15-,16-,17-,18-,19-,20-,21-,22-,23-,24-,25-,26-,27-,28-,29-,30-,31-,32?,33?,34-,35-,36-,37-,38-,39-,40-,41-,42-/m1/s1. The minimum Gasteiger partial charge on any atom is -0.394 e. The lowest BCUT2D eigenvalue weighted by atomic mass is 9.95. The summed E-state index contributed by atoms with van der Waals surface area (Å²) in [6.07, 6.45) is -70.2. The van der Waals surface area contributed by atoms with Crippen LogP contribution in [0, 0.1) is 0 Å². The number of ether oxygens (including phenoxy) is 14. The van der Waals surface area contributed by atoms with E-state index in [2.05, 4.69) is 0 Å². The second-order valence-electron chi connectivity index (χ2n) is 19.7. The minimum absolute atomic E-state index is 1.05. The monoisotopic (exact) mass is 1130 g/mol. The van der Waals surface area contributed by atoms with Gasteiger partial charge in [-0.1, -0.05) is 0 Å². The van der Waals surface area contributed by atoms with Crippen molar-refractivity contribution in [2.24, 2.45) is 0 Å². The van der Waals surface area contributed by atoms with Gasteiger partial charge >= 0.3 is 0 Å². The maximum absolute atomic E-state index is 11.3. The number of hydrogen-bond acceptors (Lipinski definition) is 35. The van der Waals surface area contributed by atoms with Crippen LogP contribution in [-0.4, -0.2) is 368 Å². The SMILES string of the molecule is OC[C@H]1O[C@@H]2O[C@H]3[C@H](O)[C@@H](O)[C@@H](O[C@H]4[C@H](O)[C@@H](O)[C@@H](OC5[C@@H](CO)O[C@H](O[C@H]6[C@H](O)[C@@H](O)[C@@H](O[C@H]7[C@H](O)[C@@H](O)[C@@H](O[C@H]8[C@H](O)[C@@H](O)[C@@H](OC1[C@H](O)[C@H]2O)O[C@@H]8CO)O[C@@H]7CO)O[C@@H]6CO)[C@H](O)[C@H]5O)O[C@@H]4CO)O[C@@H]3CO. The van der Waals surface area contributed by atoms with E-state index >= 15 is 0 Å². The molecule has 0 radical (unpaired) electrons. The molecule has 0 aromatic heterocycles. The number of aliphatic hydroxyl groups excluding tert-OH is 21. The van der Waals surface area contributed by atoms with E-state index in [1.54, 1.807) is 0 Å². The Kier molecular flexibility index (Phi) is 20.8. The Bertz CT molecular complexity index is 1470. The molecule has 0 aromatic carbocycles. The first-order chi connectivity index (χ1) is 36.7. The normalized spacial score (nSPS) is 55.4. The molecule has 21 fully saturated rings. The first-order valence-electron chi connectivity index (χ1n) is 24.6. The van der Waals surface area contributed by atoms with Gasteiger partial charge < -0.3 is 174 Å². The van der Waals surface area contributed by atoms with Crippen LogP contribution in [0.5, 0.6) is 0 Å². The fourth-order valence-electron chi connectivity index (χ4n) is 10.4. The summed E-state index contributed by atoms with van der Waals surface area (Å²) in [5.41, 5.74) is 0. The van der Waals surface area contributed by atoms with Crippen molar-refractivity contribution in [3.05, 3.63) is 0 Å². The quantitative estimate of drug-likeness (QED) is 0.113. The van der Waals surface area contributed by atoms with E-state index in [1.807, 2.05) is 0 Å². The summed E-state index contributed by atoms with van der Waals surface area (Å²) < 4.78 is 79.5. The average Bonchev–Trinajstić information content (AvgIpc) is 3.45. The van der Waals surface area contributed by atoms with Crippen LogP contribution in [0.25, 0.3) is 0 Å². The Morgan fingerprint density at radius 3 is 0.351 bits per heavy atom. The van der Waals surface area contributed by atoms with Crippen LogP contribution in [0.15, 0.2) is 0 Å². The molecule has 21 heterocycles. The molecular formula is C42H70O35. The summed E-state index contributed by atoms with van der Waals surface area (Å²) in [5, 5.41) is 230. The Hall–Kier alpha value is -1.40. The fourth-order valence-corrected chi connectivity index (χ4v) is 10.4. The molecule has 0 aliphatic carbocycles. The maximum Gasteiger partial charge on any atom is 0.187 e. The minimum atomic E-state index is -2.21. The summed E-state index contributed by atoms with van der Waals surface area (Å²) in [5.74, 6) is 0. The van der Waals surface area contributed by atoms with Gasteiger partial charge in [0.25, 0.3) is 0 Å². The second kappa shape index (κ2) is 26.0. The summed E-state index contributed by atoms with van der Waals surface area (Å²) >= 11 is 0. The van der Waals surface area contributed by atoms with Gasteiger partial charge in [-0.2, -0.15) is 0 Å². The van der Waals surface area contributed by atoms with Crippen LogP contribution < -0.4 is 0 Å². The molecule has 0 spiro atoms. The molecule has 35 heteroatoms. The molecule has 2 unspecified atom stereocenters. The lowest BCUT2D eigenvalue weighted by molar-refractivity contribution is -0.396. The van der Waals surface area contributed by atoms with E-state index in [9.17, 15) is 107 Å². The molecule has 77 heavy (non-hydrogen) atoms. The van der Waals surface area contributed by atoms with Crippen molar-refractivity contribution in [2.45, 2.75) is 215 Å². The van der Waals surface area contributed by atoms with Crippen LogP contribution in [0.2, 0.25) is 0 Å². The van der Waals surface area contributed by atoms with E-state index in [-0.39, 0.29) is 0 Å². The molecule has 21 N–H and O–H groups in total. The highest BCUT2D eigenvalue weighted by Crippen LogP contribution is 2.39. The van der Waals surface area contributed by atoms with Crippen molar-refractivity contribution < 1.29 is 174 Å². The predicted octanol–water partition coefficient (Wildman–Crippen LogP) is -15.2. The van der Waals surface area contributed by atoms with Gasteiger partial charge in [0.1, 0.15) is 171 Å². The summed E-state index contributed by atoms with van der Waals surface area (Å²) in [7, 11) is 0. The molecule has 21 aliphatic heterocycles. The molecule has 0 aromatic rings. The van der Waals surface area contributed by atoms with E-state index in [0.29, 0.717) is 0 Å². The largest absolute Gasteiger partial charge is 0.394 e. The first kappa shape index (κ1) is 61.7. The zero-order valence-corrected chi connectivity index (χ0v) is 40.3. The van der Waals surface area contributed by atoms with Crippen LogP contribution in [-0.2, 0) is 66.3 Å². The Balaban J connectivity index is 1.08. The van der Waals surface area contributed by atoms with Gasteiger partial charge in [0.05, 0.1) is 46.2 Å². The molecule has 14 bridgehead atoms. The summed E-state index contributed by atoms with van der Waals surface area (Å²) in [6.45, 7) is -7.33. The summed E-state index contributed by atoms with van der Waals surface area (Å²) in [6, 6.07) is 0. The zero-order valence-electron chi connectivity index (χ0n) is 40.3. The smallest absolute Gasteiger partial charge is 0.187 e. The lowest BCUT2D eigenvalue weighted by Crippen LogP contribution is -2.68. The van der Waals surface area contributed by atoms with Crippen molar-refractivity contribution in [3.8, 4) is 0 Å². The van der Waals surface area contributed by atoms with Crippen molar-refractivity contribution in [3.63, 3.8) is 0 Å². The second-order valence-corrected chi connectivity index (χ2v) is 19.7. The molecule has 0 saturated carbocycles. The van der Waals surface area contributed by atoms with Crippen LogP contribution in [0.4, 0.5) is 0 Å². The maximum atomic E-state index is 11.3. The van der Waals surface area contributed by atoms with Crippen LogP contribution in [0.1, 0.15) is 0 Å². The molecule has 35 atom stereocenters. The Labute approximate surface area is 434 Å². The number of rotatable bonds is 7. The van der Waals surface area contributed by atoms with Gasteiger partial charge in [0, 0.05) is 0 Å². The lowest BCUT2D eigenvalue weighted by Gasteiger charge is -2.50. The van der Waals surface area contributed by atoms with Crippen molar-refractivity contribution in [1.82, 2.24) is 0 Å². The fraction of sp³-hybridized carbons (Fsp3) is 1.00. The predicted molar refractivity (Wildman–Crippen MR) is 228 cm³/mol. The average molecular weight is 1130 g/mol. The number of hydrogen-bond donors (Lipinski definition) is 21. The molecular weight excluding hydrogens is 1060 g/mol. The topological polar surface area (TPSA) is 554 Å². The molecule has 21 saturated heterocycles. The number of aliphatic hydroxyl groups is 21. The van der Waals surface area contributed by atoms with E-state index in [0.717, 1.165) is 0 Å². The Morgan fingerprint density at radius 2 is 0.260 bits per heavy atom. The van der Waals surface area contributed by atoms with Crippen LogP contribution in [0.3, 0.4) is 0 Å². The highest BCUT2D eigenvalue weighted by Gasteiger charge is 2.59. The molecule has 21 rings (SSSR count). The van der Waals surface area contributed by atoms with Gasteiger partial charge in [0.2, 0.25) is 0 Å². The third kappa shape index (κ3) is 12.1. The van der Waals surface area contributed by atoms with Crippen molar-refractivity contribution in [1.29, 1.82) is 0 Å².